The third-order valence-electron chi connectivity index (χ3n) is 4.28. The molecule has 2 nitrogen and oxygen atoms in total. The van der Waals surface area contributed by atoms with E-state index in [9.17, 15) is 0 Å². The lowest BCUT2D eigenvalue weighted by Crippen LogP contribution is -2.61. The largest absolute Gasteiger partial charge is 0.309 e. The Morgan fingerprint density at radius 2 is 2.00 bits per heavy atom. The summed E-state index contributed by atoms with van der Waals surface area (Å²) in [7, 11) is 0. The lowest BCUT2D eigenvalue weighted by Gasteiger charge is -2.45. The van der Waals surface area contributed by atoms with Crippen molar-refractivity contribution in [2.45, 2.75) is 51.6 Å². The number of hydrogen-bond acceptors (Lipinski definition) is 2. The zero-order chi connectivity index (χ0) is 13.9. The van der Waals surface area contributed by atoms with Gasteiger partial charge in [-0.05, 0) is 31.7 Å². The van der Waals surface area contributed by atoms with Gasteiger partial charge in [0.05, 0.1) is 0 Å². The lowest BCUT2D eigenvalue weighted by atomic mass is 9.94. The molecule has 1 fully saturated rings. The van der Waals surface area contributed by atoms with Gasteiger partial charge in [0.1, 0.15) is 0 Å². The normalized spacial score (nSPS) is 25.2. The van der Waals surface area contributed by atoms with Gasteiger partial charge in [0.25, 0.3) is 0 Å². The number of nitrogens with one attached hydrogen (secondary N) is 1. The molecule has 106 valence electrons. The molecule has 2 unspecified atom stereocenters. The number of rotatable bonds is 4. The van der Waals surface area contributed by atoms with Gasteiger partial charge in [-0.15, -0.1) is 0 Å². The molecule has 0 saturated carbocycles. The maximum atomic E-state index is 3.66. The summed E-state index contributed by atoms with van der Waals surface area (Å²) < 4.78 is 0. The molecule has 1 aromatic rings. The highest BCUT2D eigenvalue weighted by atomic mass is 15.2. The smallest absolute Gasteiger partial charge is 0.0252 e. The van der Waals surface area contributed by atoms with Gasteiger partial charge in [0, 0.05) is 31.2 Å². The van der Waals surface area contributed by atoms with Crippen molar-refractivity contribution in [3.63, 3.8) is 0 Å². The fourth-order valence-corrected chi connectivity index (χ4v) is 3.07. The highest BCUT2D eigenvalue weighted by Gasteiger charge is 2.32. The standard InChI is InChI=1S/C17H28N2/c1-5-16-11-18-17(3,4)13-19(16)12-14(2)15-9-7-6-8-10-15/h6-10,14,16,18H,5,11-13H2,1-4H3. The van der Waals surface area contributed by atoms with E-state index in [0.29, 0.717) is 12.0 Å². The molecule has 1 aliphatic heterocycles. The number of hydrogen-bond donors (Lipinski definition) is 1. The predicted molar refractivity (Wildman–Crippen MR) is 82.6 cm³/mol. The van der Waals surface area contributed by atoms with Crippen LogP contribution in [-0.2, 0) is 0 Å². The summed E-state index contributed by atoms with van der Waals surface area (Å²) in [4.78, 5) is 2.67. The fourth-order valence-electron chi connectivity index (χ4n) is 3.07. The topological polar surface area (TPSA) is 15.3 Å². The first kappa shape index (κ1) is 14.5. The van der Waals surface area contributed by atoms with Crippen molar-refractivity contribution in [3.8, 4) is 0 Å². The van der Waals surface area contributed by atoms with Crippen LogP contribution < -0.4 is 5.32 Å². The zero-order valence-electron chi connectivity index (χ0n) is 12.8. The first-order valence-electron chi connectivity index (χ1n) is 7.56. The van der Waals surface area contributed by atoms with E-state index in [4.69, 9.17) is 0 Å². The van der Waals surface area contributed by atoms with Gasteiger partial charge >= 0.3 is 0 Å². The molecule has 2 heteroatoms. The molecule has 0 bridgehead atoms. The minimum absolute atomic E-state index is 0.238. The highest BCUT2D eigenvalue weighted by Crippen LogP contribution is 2.22. The van der Waals surface area contributed by atoms with Crippen LogP contribution in [0.15, 0.2) is 30.3 Å². The van der Waals surface area contributed by atoms with E-state index in [1.165, 1.54) is 12.0 Å². The van der Waals surface area contributed by atoms with Gasteiger partial charge in [-0.25, -0.2) is 0 Å². The Labute approximate surface area is 118 Å². The van der Waals surface area contributed by atoms with Crippen molar-refractivity contribution in [1.82, 2.24) is 10.2 Å². The molecule has 19 heavy (non-hydrogen) atoms. The summed E-state index contributed by atoms with van der Waals surface area (Å²) in [5.41, 5.74) is 1.69. The molecule has 0 aliphatic carbocycles. The molecule has 0 spiro atoms. The predicted octanol–water partition coefficient (Wildman–Crippen LogP) is 3.25. The van der Waals surface area contributed by atoms with Crippen molar-refractivity contribution >= 4 is 0 Å². The second-order valence-corrected chi connectivity index (χ2v) is 6.57. The third kappa shape index (κ3) is 3.80. The summed E-state index contributed by atoms with van der Waals surface area (Å²) >= 11 is 0. The van der Waals surface area contributed by atoms with E-state index in [1.54, 1.807) is 0 Å². The number of nitrogens with zero attached hydrogens (tertiary/aromatic N) is 1. The van der Waals surface area contributed by atoms with Crippen molar-refractivity contribution in [2.75, 3.05) is 19.6 Å². The van der Waals surface area contributed by atoms with E-state index < -0.39 is 0 Å². The lowest BCUT2D eigenvalue weighted by molar-refractivity contribution is 0.0879. The number of piperazine rings is 1. The monoisotopic (exact) mass is 260 g/mol. The summed E-state index contributed by atoms with van der Waals surface area (Å²) in [6, 6.07) is 11.6. The van der Waals surface area contributed by atoms with Crippen LogP contribution in [0, 0.1) is 0 Å². The van der Waals surface area contributed by atoms with Crippen LogP contribution in [0.3, 0.4) is 0 Å². The maximum absolute atomic E-state index is 3.66. The van der Waals surface area contributed by atoms with E-state index >= 15 is 0 Å². The maximum Gasteiger partial charge on any atom is 0.0252 e. The van der Waals surface area contributed by atoms with Crippen LogP contribution >= 0.6 is 0 Å². The van der Waals surface area contributed by atoms with Crippen molar-refractivity contribution in [2.24, 2.45) is 0 Å². The Morgan fingerprint density at radius 1 is 1.32 bits per heavy atom. The quantitative estimate of drug-likeness (QED) is 0.894. The average molecular weight is 260 g/mol. The Morgan fingerprint density at radius 3 is 2.63 bits per heavy atom. The van der Waals surface area contributed by atoms with Gasteiger partial charge in [-0.3, -0.25) is 4.90 Å². The summed E-state index contributed by atoms with van der Waals surface area (Å²) in [5.74, 6) is 0.601. The zero-order valence-corrected chi connectivity index (χ0v) is 12.8. The molecule has 1 aromatic carbocycles. The first-order chi connectivity index (χ1) is 9.02. The van der Waals surface area contributed by atoms with Gasteiger partial charge in [-0.1, -0.05) is 44.2 Å². The van der Waals surface area contributed by atoms with Crippen molar-refractivity contribution < 1.29 is 0 Å². The molecule has 0 aromatic heterocycles. The van der Waals surface area contributed by atoms with Gasteiger partial charge in [0.15, 0.2) is 0 Å². The second-order valence-electron chi connectivity index (χ2n) is 6.57. The van der Waals surface area contributed by atoms with Crippen LogP contribution in [0.1, 0.15) is 45.6 Å². The van der Waals surface area contributed by atoms with Crippen LogP contribution in [0.25, 0.3) is 0 Å². The third-order valence-corrected chi connectivity index (χ3v) is 4.28. The number of benzene rings is 1. The molecule has 1 N–H and O–H groups in total. The summed E-state index contributed by atoms with van der Waals surface area (Å²) in [6.45, 7) is 12.7. The fraction of sp³-hybridized carbons (Fsp3) is 0.647. The Kier molecular flexibility index (Phi) is 4.64. The first-order valence-corrected chi connectivity index (χ1v) is 7.56. The molecule has 0 amide bonds. The average Bonchev–Trinajstić information content (AvgIpc) is 2.39. The molecule has 1 aliphatic rings. The Hall–Kier alpha value is -0.860. The van der Waals surface area contributed by atoms with Gasteiger partial charge in [0.2, 0.25) is 0 Å². The minimum Gasteiger partial charge on any atom is -0.309 e. The Bertz CT molecular complexity index is 386. The molecular formula is C17H28N2. The minimum atomic E-state index is 0.238. The van der Waals surface area contributed by atoms with E-state index in [2.05, 4.69) is 68.2 Å². The Balaban J connectivity index is 2.03. The van der Waals surface area contributed by atoms with E-state index in [0.717, 1.165) is 19.6 Å². The highest BCUT2D eigenvalue weighted by molar-refractivity contribution is 5.19. The van der Waals surface area contributed by atoms with Crippen molar-refractivity contribution in [1.29, 1.82) is 0 Å². The molecule has 0 radical (unpaired) electrons. The van der Waals surface area contributed by atoms with Gasteiger partial charge in [-0.2, -0.15) is 0 Å². The molecular weight excluding hydrogens is 232 g/mol. The second kappa shape index (κ2) is 6.06. The summed E-state index contributed by atoms with van der Waals surface area (Å²) in [5, 5.41) is 3.66. The van der Waals surface area contributed by atoms with Crippen LogP contribution in [0.2, 0.25) is 0 Å². The van der Waals surface area contributed by atoms with Crippen molar-refractivity contribution in [3.05, 3.63) is 35.9 Å². The molecule has 2 atom stereocenters. The van der Waals surface area contributed by atoms with Crippen LogP contribution in [-0.4, -0.2) is 36.1 Å². The van der Waals surface area contributed by atoms with Gasteiger partial charge < -0.3 is 5.32 Å². The molecule has 2 rings (SSSR count). The van der Waals surface area contributed by atoms with Crippen LogP contribution in [0.4, 0.5) is 0 Å². The SMILES string of the molecule is CCC1CNC(C)(C)CN1CC(C)c1ccccc1. The molecule has 1 heterocycles. The van der Waals surface area contributed by atoms with E-state index in [1.807, 2.05) is 0 Å². The molecule has 1 saturated heterocycles. The van der Waals surface area contributed by atoms with Crippen LogP contribution in [0.5, 0.6) is 0 Å². The van der Waals surface area contributed by atoms with E-state index in [-0.39, 0.29) is 5.54 Å². The summed E-state index contributed by atoms with van der Waals surface area (Å²) in [6.07, 6.45) is 1.23.